The summed E-state index contributed by atoms with van der Waals surface area (Å²) in [7, 11) is 0. The van der Waals surface area contributed by atoms with E-state index in [1.165, 1.54) is 0 Å². The molecule has 0 saturated heterocycles. The molecule has 1 atom stereocenters. The van der Waals surface area contributed by atoms with Gasteiger partial charge in [0.2, 0.25) is 0 Å². The standard InChI is InChI=1S/C20H20N4O2.2C2HF3O2/c1-15-6-7-16(10-22-15)20(25)24-12-17-4-3-9-23(17)13-19(14-24)26-18-5-2-8-21-11-18;2*3-2(4,5)1(6)7/h2-11,19H,12-14H2,1H3;2*(H,6,7). The van der Waals surface area contributed by atoms with Crippen molar-refractivity contribution < 1.29 is 55.7 Å². The van der Waals surface area contributed by atoms with Crippen molar-refractivity contribution in [3.63, 3.8) is 0 Å². The van der Waals surface area contributed by atoms with E-state index in [-0.39, 0.29) is 12.0 Å². The first kappa shape index (κ1) is 31.6. The van der Waals surface area contributed by atoms with Crippen LogP contribution in [0.1, 0.15) is 21.7 Å². The fourth-order valence-corrected chi connectivity index (χ4v) is 3.17. The molecule has 0 radical (unpaired) electrons. The monoisotopic (exact) mass is 576 g/mol. The topological polar surface area (TPSA) is 135 Å². The number of nitrogens with zero attached hydrogens (tertiary/aromatic N) is 4. The zero-order valence-corrected chi connectivity index (χ0v) is 20.6. The predicted octanol–water partition coefficient (Wildman–Crippen LogP) is 3.96. The lowest BCUT2D eigenvalue weighted by Crippen LogP contribution is -2.38. The number of carboxylic acids is 2. The van der Waals surface area contributed by atoms with Gasteiger partial charge in [0.15, 0.2) is 0 Å². The van der Waals surface area contributed by atoms with Gasteiger partial charge in [0.05, 0.1) is 31.4 Å². The van der Waals surface area contributed by atoms with Crippen LogP contribution in [0.2, 0.25) is 0 Å². The molecule has 0 aromatic carbocycles. The first-order chi connectivity index (χ1) is 18.6. The summed E-state index contributed by atoms with van der Waals surface area (Å²) in [6.07, 6.45) is -3.26. The van der Waals surface area contributed by atoms with Gasteiger partial charge in [-0.05, 0) is 43.3 Å². The molecule has 4 rings (SSSR count). The van der Waals surface area contributed by atoms with Crippen LogP contribution in [0.15, 0.2) is 61.2 Å². The lowest BCUT2D eigenvalue weighted by Gasteiger charge is -2.25. The number of aromatic nitrogens is 3. The number of ether oxygens (including phenoxy) is 1. The maximum absolute atomic E-state index is 13.0. The number of carboxylic acid groups (broad SMARTS) is 2. The van der Waals surface area contributed by atoms with E-state index in [9.17, 15) is 31.1 Å². The molecule has 3 aromatic heterocycles. The molecule has 4 heterocycles. The predicted molar refractivity (Wildman–Crippen MR) is 124 cm³/mol. The first-order valence-corrected chi connectivity index (χ1v) is 11.1. The van der Waals surface area contributed by atoms with Crippen molar-refractivity contribution in [3.05, 3.63) is 78.1 Å². The Hall–Kier alpha value is -4.63. The second-order valence-electron chi connectivity index (χ2n) is 8.06. The minimum atomic E-state index is -5.08. The Morgan fingerprint density at radius 1 is 0.925 bits per heavy atom. The summed E-state index contributed by atoms with van der Waals surface area (Å²) in [4.78, 5) is 41.0. The van der Waals surface area contributed by atoms with Crippen LogP contribution in [-0.4, -0.2) is 72.5 Å². The number of hydrogen-bond donors (Lipinski definition) is 2. The van der Waals surface area contributed by atoms with E-state index in [1.807, 2.05) is 54.4 Å². The first-order valence-electron chi connectivity index (χ1n) is 11.1. The molecule has 1 aliphatic heterocycles. The maximum Gasteiger partial charge on any atom is 0.490 e. The third kappa shape index (κ3) is 9.92. The summed E-state index contributed by atoms with van der Waals surface area (Å²) in [6, 6.07) is 11.4. The highest BCUT2D eigenvalue weighted by molar-refractivity contribution is 5.94. The molecule has 0 fully saturated rings. The zero-order valence-electron chi connectivity index (χ0n) is 20.6. The summed E-state index contributed by atoms with van der Waals surface area (Å²) in [5.41, 5.74) is 2.58. The van der Waals surface area contributed by atoms with Crippen molar-refractivity contribution in [1.29, 1.82) is 0 Å². The Bertz CT molecular complexity index is 1260. The van der Waals surface area contributed by atoms with E-state index < -0.39 is 24.3 Å². The molecule has 40 heavy (non-hydrogen) atoms. The molecule has 0 saturated carbocycles. The van der Waals surface area contributed by atoms with Crippen molar-refractivity contribution in [1.82, 2.24) is 19.4 Å². The average Bonchev–Trinajstić information content (AvgIpc) is 3.22. The summed E-state index contributed by atoms with van der Waals surface area (Å²) in [6.45, 7) is 3.65. The molecular weight excluding hydrogens is 554 g/mol. The largest absolute Gasteiger partial charge is 0.490 e. The molecule has 0 aliphatic carbocycles. The fraction of sp³-hybridized carbons (Fsp3) is 0.292. The number of aliphatic carboxylic acids is 2. The summed E-state index contributed by atoms with van der Waals surface area (Å²) in [5.74, 6) is -4.84. The molecule has 1 unspecified atom stereocenters. The van der Waals surface area contributed by atoms with E-state index >= 15 is 0 Å². The van der Waals surface area contributed by atoms with Crippen molar-refractivity contribution in [2.45, 2.75) is 38.5 Å². The Morgan fingerprint density at radius 3 is 2.05 bits per heavy atom. The normalized spacial score (nSPS) is 14.8. The Kier molecular flexibility index (Phi) is 10.6. The molecule has 1 amide bonds. The van der Waals surface area contributed by atoms with Gasteiger partial charge >= 0.3 is 24.3 Å². The Labute approximate surface area is 222 Å². The lowest BCUT2D eigenvalue weighted by atomic mass is 10.2. The number of hydrogen-bond acceptors (Lipinski definition) is 6. The van der Waals surface area contributed by atoms with E-state index in [1.54, 1.807) is 18.6 Å². The minimum Gasteiger partial charge on any atom is -0.485 e. The smallest absolute Gasteiger partial charge is 0.485 e. The zero-order chi connectivity index (χ0) is 30.1. The third-order valence-electron chi connectivity index (χ3n) is 4.97. The molecule has 3 aromatic rings. The molecule has 16 heteroatoms. The van der Waals surface area contributed by atoms with Crippen LogP contribution >= 0.6 is 0 Å². The third-order valence-corrected chi connectivity index (χ3v) is 4.97. The van der Waals surface area contributed by atoms with Crippen LogP contribution in [0.5, 0.6) is 5.75 Å². The van der Waals surface area contributed by atoms with Crippen LogP contribution in [0.3, 0.4) is 0 Å². The van der Waals surface area contributed by atoms with Gasteiger partial charge in [-0.1, -0.05) is 0 Å². The van der Waals surface area contributed by atoms with Crippen LogP contribution < -0.4 is 4.74 Å². The second kappa shape index (κ2) is 13.4. The van der Waals surface area contributed by atoms with Crippen molar-refractivity contribution in [2.75, 3.05) is 6.54 Å². The number of pyridine rings is 2. The highest BCUT2D eigenvalue weighted by atomic mass is 19.4. The van der Waals surface area contributed by atoms with Crippen molar-refractivity contribution in [2.24, 2.45) is 0 Å². The number of rotatable bonds is 3. The van der Waals surface area contributed by atoms with Gasteiger partial charge in [-0.25, -0.2) is 9.59 Å². The van der Waals surface area contributed by atoms with Crippen molar-refractivity contribution >= 4 is 17.8 Å². The summed E-state index contributed by atoms with van der Waals surface area (Å²) < 4.78 is 71.7. The van der Waals surface area contributed by atoms with Gasteiger partial charge in [0.1, 0.15) is 11.9 Å². The van der Waals surface area contributed by atoms with E-state index in [4.69, 9.17) is 24.5 Å². The number of amides is 1. The van der Waals surface area contributed by atoms with Gasteiger partial charge in [-0.2, -0.15) is 26.3 Å². The van der Waals surface area contributed by atoms with E-state index in [2.05, 4.69) is 14.5 Å². The molecule has 0 bridgehead atoms. The fourth-order valence-electron chi connectivity index (χ4n) is 3.17. The van der Waals surface area contributed by atoms with E-state index in [0.29, 0.717) is 30.9 Å². The van der Waals surface area contributed by atoms with Crippen LogP contribution in [0.4, 0.5) is 26.3 Å². The van der Waals surface area contributed by atoms with Gasteiger partial charge in [-0.15, -0.1) is 0 Å². The average molecular weight is 576 g/mol. The number of alkyl halides is 6. The highest BCUT2D eigenvalue weighted by Crippen LogP contribution is 2.20. The highest BCUT2D eigenvalue weighted by Gasteiger charge is 2.38. The molecular formula is C24H22F6N4O6. The summed E-state index contributed by atoms with van der Waals surface area (Å²) >= 11 is 0. The van der Waals surface area contributed by atoms with Crippen LogP contribution in [-0.2, 0) is 22.7 Å². The van der Waals surface area contributed by atoms with E-state index in [0.717, 1.165) is 11.4 Å². The summed E-state index contributed by atoms with van der Waals surface area (Å²) in [5, 5.41) is 14.2. The number of halogens is 6. The quantitative estimate of drug-likeness (QED) is 0.448. The van der Waals surface area contributed by atoms with Gasteiger partial charge in [0.25, 0.3) is 5.91 Å². The molecule has 0 spiro atoms. The second-order valence-corrected chi connectivity index (χ2v) is 8.06. The minimum absolute atomic E-state index is 0.0352. The maximum atomic E-state index is 13.0. The number of fused-ring (bicyclic) bond motifs is 1. The van der Waals surface area contributed by atoms with Gasteiger partial charge in [-0.3, -0.25) is 14.8 Å². The lowest BCUT2D eigenvalue weighted by molar-refractivity contribution is -0.193. The molecule has 216 valence electrons. The molecule has 2 N–H and O–H groups in total. The number of carbonyl (C=O) groups excluding carboxylic acids is 1. The Balaban J connectivity index is 0.000000333. The van der Waals surface area contributed by atoms with Crippen LogP contribution in [0.25, 0.3) is 0 Å². The van der Waals surface area contributed by atoms with Gasteiger partial charge in [0, 0.05) is 30.0 Å². The molecule has 10 nitrogen and oxygen atoms in total. The number of carbonyl (C=O) groups is 3. The van der Waals surface area contributed by atoms with Crippen LogP contribution in [0, 0.1) is 6.92 Å². The van der Waals surface area contributed by atoms with Crippen molar-refractivity contribution in [3.8, 4) is 5.75 Å². The van der Waals surface area contributed by atoms with Gasteiger partial charge < -0.3 is 24.4 Å². The molecule has 1 aliphatic rings. The SMILES string of the molecule is Cc1ccc(C(=O)N2Cc3cccn3CC(Oc3cccnc3)C2)cn1.O=C(O)C(F)(F)F.O=C(O)C(F)(F)F. The Morgan fingerprint density at radius 2 is 1.55 bits per heavy atom. The number of aryl methyl sites for hydroxylation is 1.